The van der Waals surface area contributed by atoms with Gasteiger partial charge in [-0.3, -0.25) is 0 Å². The molecule has 0 aromatic heterocycles. The Kier molecular flexibility index (Phi) is 6.64. The Labute approximate surface area is 91.9 Å². The Balaban J connectivity index is 4.39. The van der Waals surface area contributed by atoms with Gasteiger partial charge in [0.25, 0.3) is 0 Å². The summed E-state index contributed by atoms with van der Waals surface area (Å²) in [5.74, 6) is 0.960. The molecule has 0 heterocycles. The molecule has 7 heteroatoms. The highest BCUT2D eigenvalue weighted by Crippen LogP contribution is 2.06. The van der Waals surface area contributed by atoms with Crippen LogP contribution in [-0.4, -0.2) is 62.5 Å². The van der Waals surface area contributed by atoms with Crippen LogP contribution in [0.15, 0.2) is 0 Å². The molecular weight excluding hydrogens is 220 g/mol. The molecule has 5 N–H and O–H groups in total. The molecule has 0 unspecified atom stereocenters. The van der Waals surface area contributed by atoms with E-state index in [1.807, 2.05) is 6.11 Å². The van der Waals surface area contributed by atoms with Gasteiger partial charge in [0.05, 0.1) is 6.61 Å². The van der Waals surface area contributed by atoms with Crippen molar-refractivity contribution in [3.8, 4) is 12.0 Å². The van der Waals surface area contributed by atoms with Crippen molar-refractivity contribution in [1.82, 2.24) is 0 Å². The third-order valence-electron chi connectivity index (χ3n) is 1.75. The van der Waals surface area contributed by atoms with Crippen LogP contribution < -0.4 is 0 Å². The van der Waals surface area contributed by atoms with Gasteiger partial charge in [-0.25, -0.2) is 4.79 Å². The number of carbonyl (C=O) groups is 1. The lowest BCUT2D eigenvalue weighted by Gasteiger charge is -2.23. The van der Waals surface area contributed by atoms with Gasteiger partial charge in [-0.05, 0) is 0 Å². The van der Waals surface area contributed by atoms with Crippen molar-refractivity contribution < 1.29 is 35.1 Å². The highest BCUT2D eigenvalue weighted by molar-refractivity contribution is 5.76. The summed E-state index contributed by atoms with van der Waals surface area (Å²) in [7, 11) is 0. The normalized spacial score (nSPS) is 17.6. The van der Waals surface area contributed by atoms with E-state index < -0.39 is 37.0 Å². The third-order valence-corrected chi connectivity index (χ3v) is 1.75. The lowest BCUT2D eigenvalue weighted by atomic mass is 10.0. The van der Waals surface area contributed by atoms with Crippen molar-refractivity contribution in [1.29, 1.82) is 0 Å². The van der Waals surface area contributed by atoms with E-state index in [4.69, 9.17) is 15.3 Å². The Morgan fingerprint density at radius 1 is 1.25 bits per heavy atom. The van der Waals surface area contributed by atoms with Crippen LogP contribution in [0.1, 0.15) is 6.92 Å². The molecule has 0 radical (unpaired) electrons. The average molecular weight is 234 g/mol. The SMILES string of the molecule is CC#COC(=O)[C@H](O)[C@@H](O)[C@H](O)[C@H](O)CO. The first-order valence-corrected chi connectivity index (χ1v) is 4.41. The summed E-state index contributed by atoms with van der Waals surface area (Å²) in [6, 6.07) is 0. The molecule has 0 fully saturated rings. The predicted octanol–water partition coefficient (Wildman–Crippen LogP) is -3.05. The quantitative estimate of drug-likeness (QED) is 0.252. The Bertz CT molecular complexity index is 279. The minimum atomic E-state index is -2.06. The van der Waals surface area contributed by atoms with Crippen LogP contribution in [0.3, 0.4) is 0 Å². The maximum Gasteiger partial charge on any atom is 0.351 e. The van der Waals surface area contributed by atoms with Gasteiger partial charge < -0.3 is 30.3 Å². The van der Waals surface area contributed by atoms with E-state index in [1.54, 1.807) is 0 Å². The largest absolute Gasteiger partial charge is 0.394 e. The maximum atomic E-state index is 11.0. The molecule has 0 saturated heterocycles. The fraction of sp³-hybridized carbons (Fsp3) is 0.667. The van der Waals surface area contributed by atoms with Gasteiger partial charge in [0, 0.05) is 6.92 Å². The molecule has 7 nitrogen and oxygen atoms in total. The molecule has 0 aromatic rings. The smallest absolute Gasteiger partial charge is 0.351 e. The van der Waals surface area contributed by atoms with Crippen molar-refractivity contribution in [3.05, 3.63) is 0 Å². The Morgan fingerprint density at radius 3 is 2.25 bits per heavy atom. The molecule has 92 valence electrons. The number of hydrogen-bond donors (Lipinski definition) is 5. The minimum Gasteiger partial charge on any atom is -0.394 e. The summed E-state index contributed by atoms with van der Waals surface area (Å²) in [5, 5.41) is 45.0. The number of hydrogen-bond acceptors (Lipinski definition) is 7. The van der Waals surface area contributed by atoms with Crippen molar-refractivity contribution in [2.24, 2.45) is 0 Å². The van der Waals surface area contributed by atoms with E-state index in [0.29, 0.717) is 0 Å². The lowest BCUT2D eigenvalue weighted by molar-refractivity contribution is -0.164. The highest BCUT2D eigenvalue weighted by Gasteiger charge is 2.35. The van der Waals surface area contributed by atoms with E-state index in [1.165, 1.54) is 6.92 Å². The van der Waals surface area contributed by atoms with E-state index in [9.17, 15) is 15.0 Å². The second kappa shape index (κ2) is 7.16. The standard InChI is InChI=1S/C9H14O7/c1-2-3-16-9(15)8(14)7(13)6(12)5(11)4-10/h5-8,10-14H,4H2,1H3/t5-,6-,7+,8-/m1/s1. The van der Waals surface area contributed by atoms with E-state index >= 15 is 0 Å². The predicted molar refractivity (Wildman–Crippen MR) is 50.7 cm³/mol. The molecule has 0 rings (SSSR count). The Morgan fingerprint density at radius 2 is 1.81 bits per heavy atom. The first-order chi connectivity index (χ1) is 7.45. The van der Waals surface area contributed by atoms with Gasteiger partial charge in [-0.1, -0.05) is 5.92 Å². The summed E-state index contributed by atoms with van der Waals surface area (Å²) in [5.41, 5.74) is 0. The van der Waals surface area contributed by atoms with Crippen LogP contribution in [0.25, 0.3) is 0 Å². The summed E-state index contributed by atoms with van der Waals surface area (Å²) in [6.45, 7) is 0.565. The van der Waals surface area contributed by atoms with Crippen LogP contribution >= 0.6 is 0 Å². The molecule has 0 spiro atoms. The van der Waals surface area contributed by atoms with Crippen molar-refractivity contribution >= 4 is 5.97 Å². The van der Waals surface area contributed by atoms with E-state index in [0.717, 1.165) is 0 Å². The summed E-state index contributed by atoms with van der Waals surface area (Å²) in [4.78, 5) is 11.0. The second-order valence-electron chi connectivity index (χ2n) is 2.95. The van der Waals surface area contributed by atoms with Crippen molar-refractivity contribution in [2.75, 3.05) is 6.61 Å². The van der Waals surface area contributed by atoms with Gasteiger partial charge in [-0.15, -0.1) is 0 Å². The fourth-order valence-corrected chi connectivity index (χ4v) is 0.823. The van der Waals surface area contributed by atoms with Gasteiger partial charge in [0.1, 0.15) is 24.4 Å². The molecule has 0 aromatic carbocycles. The number of aliphatic hydroxyl groups is 5. The molecule has 0 aliphatic heterocycles. The van der Waals surface area contributed by atoms with Crippen LogP contribution in [0.5, 0.6) is 0 Å². The number of esters is 1. The van der Waals surface area contributed by atoms with Gasteiger partial charge in [0.2, 0.25) is 0 Å². The second-order valence-corrected chi connectivity index (χ2v) is 2.95. The monoisotopic (exact) mass is 234 g/mol. The molecule has 4 atom stereocenters. The molecule has 16 heavy (non-hydrogen) atoms. The molecular formula is C9H14O7. The zero-order valence-electron chi connectivity index (χ0n) is 8.57. The number of carbonyl (C=O) groups excluding carboxylic acids is 1. The van der Waals surface area contributed by atoms with E-state index in [2.05, 4.69) is 10.7 Å². The fourth-order valence-electron chi connectivity index (χ4n) is 0.823. The topological polar surface area (TPSA) is 127 Å². The van der Waals surface area contributed by atoms with Crippen molar-refractivity contribution in [2.45, 2.75) is 31.3 Å². The van der Waals surface area contributed by atoms with Gasteiger partial charge in [0.15, 0.2) is 6.10 Å². The zero-order valence-corrected chi connectivity index (χ0v) is 8.57. The summed E-state index contributed by atoms with van der Waals surface area (Å²) in [6.07, 6.45) is -5.68. The van der Waals surface area contributed by atoms with Crippen molar-refractivity contribution in [3.63, 3.8) is 0 Å². The number of aliphatic hydroxyl groups excluding tert-OH is 5. The molecule has 0 aliphatic carbocycles. The first kappa shape index (κ1) is 14.8. The summed E-state index contributed by atoms with van der Waals surface area (Å²) >= 11 is 0. The average Bonchev–Trinajstić information content (AvgIpc) is 2.31. The Hall–Kier alpha value is -1.17. The maximum absolute atomic E-state index is 11.0. The number of rotatable bonds is 5. The highest BCUT2D eigenvalue weighted by atomic mass is 16.5. The lowest BCUT2D eigenvalue weighted by Crippen LogP contribution is -2.48. The van der Waals surface area contributed by atoms with E-state index in [-0.39, 0.29) is 0 Å². The molecule has 0 aliphatic rings. The van der Waals surface area contributed by atoms with Crippen LogP contribution in [0.2, 0.25) is 0 Å². The molecule has 0 amide bonds. The zero-order chi connectivity index (χ0) is 12.7. The van der Waals surface area contributed by atoms with Crippen LogP contribution in [-0.2, 0) is 9.53 Å². The summed E-state index contributed by atoms with van der Waals surface area (Å²) < 4.78 is 4.17. The van der Waals surface area contributed by atoms with Crippen LogP contribution in [0.4, 0.5) is 0 Å². The minimum absolute atomic E-state index is 0.825. The van der Waals surface area contributed by atoms with Crippen LogP contribution in [0, 0.1) is 12.0 Å². The number of ether oxygens (including phenoxy) is 1. The van der Waals surface area contributed by atoms with Gasteiger partial charge >= 0.3 is 5.97 Å². The van der Waals surface area contributed by atoms with Gasteiger partial charge in [-0.2, -0.15) is 0 Å². The third kappa shape index (κ3) is 4.14. The molecule has 0 bridgehead atoms. The molecule has 0 saturated carbocycles. The first-order valence-electron chi connectivity index (χ1n) is 4.41.